The zero-order chi connectivity index (χ0) is 26.7. The molecule has 0 radical (unpaired) electrons. The van der Waals surface area contributed by atoms with Gasteiger partial charge in [0.05, 0.1) is 18.2 Å². The van der Waals surface area contributed by atoms with Crippen molar-refractivity contribution >= 4 is 17.9 Å². The summed E-state index contributed by atoms with van der Waals surface area (Å²) in [5.41, 5.74) is 3.16. The Morgan fingerprint density at radius 1 is 1.14 bits per heavy atom. The van der Waals surface area contributed by atoms with Gasteiger partial charge in [0.25, 0.3) is 5.91 Å². The smallest absolute Gasteiger partial charge is 0.338 e. The zero-order valence-corrected chi connectivity index (χ0v) is 21.7. The zero-order valence-electron chi connectivity index (χ0n) is 21.7. The van der Waals surface area contributed by atoms with Gasteiger partial charge in [-0.1, -0.05) is 35.9 Å². The average Bonchev–Trinajstić information content (AvgIpc) is 2.87. The minimum Gasteiger partial charge on any atom is -0.463 e. The van der Waals surface area contributed by atoms with Crippen LogP contribution in [0.2, 0.25) is 0 Å². The van der Waals surface area contributed by atoms with E-state index in [1.165, 1.54) is 23.1 Å². The number of hydrogen-bond donors (Lipinski definition) is 1. The lowest BCUT2D eigenvalue weighted by atomic mass is 9.93. The standard InChI is InChI=1S/C28H33FN4O4/c1-5-37-27(35)24-23(31(4)28(36)30-25(24)20-11-9-18(2)10-12-20)17-32-13-14-33(19(3)16-32)26(34)21-7-6-8-22(29)15-21/h6-12,15,19,25H,5,13-14,16-17H2,1-4H3,(H,30,36)/t19-,25-/m0/s1. The topological polar surface area (TPSA) is 82.2 Å². The highest BCUT2D eigenvalue weighted by Crippen LogP contribution is 2.32. The minimum atomic E-state index is -0.633. The molecule has 9 heteroatoms. The molecule has 0 saturated carbocycles. The molecule has 2 heterocycles. The van der Waals surface area contributed by atoms with E-state index in [4.69, 9.17) is 4.74 Å². The van der Waals surface area contributed by atoms with Crippen LogP contribution in [0.3, 0.4) is 0 Å². The highest BCUT2D eigenvalue weighted by Gasteiger charge is 2.38. The molecule has 2 aromatic rings. The summed E-state index contributed by atoms with van der Waals surface area (Å²) in [5, 5.41) is 2.94. The number of likely N-dealkylation sites (N-methyl/N-ethyl adjacent to an activating group) is 1. The van der Waals surface area contributed by atoms with Crippen LogP contribution in [-0.4, -0.2) is 78.5 Å². The molecule has 3 amide bonds. The molecule has 2 aromatic carbocycles. The van der Waals surface area contributed by atoms with Crippen LogP contribution in [0.1, 0.15) is 41.4 Å². The summed E-state index contributed by atoms with van der Waals surface area (Å²) in [5.74, 6) is -1.13. The molecule has 4 rings (SSSR count). The van der Waals surface area contributed by atoms with Gasteiger partial charge < -0.3 is 15.0 Å². The van der Waals surface area contributed by atoms with E-state index in [-0.39, 0.29) is 24.6 Å². The second-order valence-electron chi connectivity index (χ2n) is 9.53. The fourth-order valence-corrected chi connectivity index (χ4v) is 4.88. The van der Waals surface area contributed by atoms with Crippen molar-refractivity contribution in [1.29, 1.82) is 0 Å². The summed E-state index contributed by atoms with van der Waals surface area (Å²) in [6, 6.07) is 12.3. The predicted octanol–water partition coefficient (Wildman–Crippen LogP) is 3.49. The maximum absolute atomic E-state index is 13.7. The van der Waals surface area contributed by atoms with Crippen LogP contribution in [-0.2, 0) is 9.53 Å². The summed E-state index contributed by atoms with van der Waals surface area (Å²) >= 11 is 0. The SMILES string of the molecule is CCOC(=O)C1=C(CN2CCN(C(=O)c3cccc(F)c3)[C@@H](C)C2)N(C)C(=O)N[C@H]1c1ccc(C)cc1. The fourth-order valence-electron chi connectivity index (χ4n) is 4.88. The van der Waals surface area contributed by atoms with Gasteiger partial charge in [0.1, 0.15) is 5.82 Å². The van der Waals surface area contributed by atoms with E-state index in [2.05, 4.69) is 10.2 Å². The monoisotopic (exact) mass is 508 g/mol. The Morgan fingerprint density at radius 3 is 2.51 bits per heavy atom. The number of carbonyl (C=O) groups excluding carboxylic acids is 3. The molecule has 0 aliphatic carbocycles. The molecule has 0 aromatic heterocycles. The number of amides is 3. The van der Waals surface area contributed by atoms with E-state index in [0.29, 0.717) is 43.0 Å². The van der Waals surface area contributed by atoms with Crippen LogP contribution >= 0.6 is 0 Å². The average molecular weight is 509 g/mol. The van der Waals surface area contributed by atoms with Crippen LogP contribution < -0.4 is 5.32 Å². The van der Waals surface area contributed by atoms with E-state index in [1.54, 1.807) is 24.9 Å². The largest absolute Gasteiger partial charge is 0.463 e. The summed E-state index contributed by atoms with van der Waals surface area (Å²) in [6.07, 6.45) is 0. The van der Waals surface area contributed by atoms with Gasteiger partial charge in [0, 0.05) is 50.5 Å². The van der Waals surface area contributed by atoms with Gasteiger partial charge in [-0.25, -0.2) is 14.0 Å². The Hall–Kier alpha value is -3.72. The number of halogens is 1. The van der Waals surface area contributed by atoms with Gasteiger partial charge in [-0.05, 0) is 44.5 Å². The van der Waals surface area contributed by atoms with Gasteiger partial charge in [-0.2, -0.15) is 0 Å². The van der Waals surface area contributed by atoms with Crippen molar-refractivity contribution in [2.75, 3.05) is 39.8 Å². The second kappa shape index (κ2) is 11.1. The summed E-state index contributed by atoms with van der Waals surface area (Å²) < 4.78 is 19.1. The number of piperazine rings is 1. The summed E-state index contributed by atoms with van der Waals surface area (Å²) in [7, 11) is 1.64. The maximum Gasteiger partial charge on any atom is 0.338 e. The van der Waals surface area contributed by atoms with Crippen LogP contribution in [0.25, 0.3) is 0 Å². The van der Waals surface area contributed by atoms with Crippen LogP contribution in [0.5, 0.6) is 0 Å². The quantitative estimate of drug-likeness (QED) is 0.604. The molecule has 2 aliphatic heterocycles. The summed E-state index contributed by atoms with van der Waals surface area (Å²) in [4.78, 5) is 44.4. The molecule has 196 valence electrons. The maximum atomic E-state index is 13.7. The Kier molecular flexibility index (Phi) is 7.92. The van der Waals surface area contributed by atoms with E-state index in [0.717, 1.165) is 11.1 Å². The van der Waals surface area contributed by atoms with Crippen molar-refractivity contribution in [2.45, 2.75) is 32.9 Å². The fraction of sp³-hybridized carbons (Fsp3) is 0.393. The minimum absolute atomic E-state index is 0.147. The van der Waals surface area contributed by atoms with Crippen LogP contribution in [0, 0.1) is 12.7 Å². The molecule has 0 spiro atoms. The number of nitrogens with zero attached hydrogens (tertiary/aromatic N) is 3. The number of carbonyl (C=O) groups is 3. The molecular formula is C28H33FN4O4. The molecule has 37 heavy (non-hydrogen) atoms. The van der Waals surface area contributed by atoms with Crippen molar-refractivity contribution in [2.24, 2.45) is 0 Å². The van der Waals surface area contributed by atoms with E-state index in [1.807, 2.05) is 38.1 Å². The van der Waals surface area contributed by atoms with Gasteiger partial charge in [-0.3, -0.25) is 14.6 Å². The lowest BCUT2D eigenvalue weighted by molar-refractivity contribution is -0.139. The predicted molar refractivity (Wildman–Crippen MR) is 137 cm³/mol. The van der Waals surface area contributed by atoms with Crippen molar-refractivity contribution in [3.8, 4) is 0 Å². The number of benzene rings is 2. The normalized spacial score (nSPS) is 20.6. The number of urea groups is 1. The number of esters is 1. The highest BCUT2D eigenvalue weighted by atomic mass is 19.1. The van der Waals surface area contributed by atoms with E-state index >= 15 is 0 Å². The molecule has 2 atom stereocenters. The van der Waals surface area contributed by atoms with Gasteiger partial charge in [0.15, 0.2) is 0 Å². The first kappa shape index (κ1) is 26.3. The van der Waals surface area contributed by atoms with E-state index < -0.39 is 17.8 Å². The van der Waals surface area contributed by atoms with E-state index in [9.17, 15) is 18.8 Å². The van der Waals surface area contributed by atoms with Crippen molar-refractivity contribution < 1.29 is 23.5 Å². The van der Waals surface area contributed by atoms with Crippen LogP contribution in [0.15, 0.2) is 59.8 Å². The Bertz CT molecular complexity index is 1210. The van der Waals surface area contributed by atoms with Gasteiger partial charge in [0.2, 0.25) is 0 Å². The number of hydrogen-bond acceptors (Lipinski definition) is 5. The molecule has 0 unspecified atom stereocenters. The van der Waals surface area contributed by atoms with Crippen molar-refractivity contribution in [1.82, 2.24) is 20.0 Å². The Labute approximate surface area is 216 Å². The molecule has 1 saturated heterocycles. The third-order valence-corrected chi connectivity index (χ3v) is 6.90. The molecular weight excluding hydrogens is 475 g/mol. The summed E-state index contributed by atoms with van der Waals surface area (Å²) in [6.45, 7) is 7.73. The van der Waals surface area contributed by atoms with Crippen molar-refractivity contribution in [3.05, 3.63) is 82.3 Å². The highest BCUT2D eigenvalue weighted by molar-refractivity contribution is 5.95. The Morgan fingerprint density at radius 2 is 1.86 bits per heavy atom. The lowest BCUT2D eigenvalue weighted by Crippen LogP contribution is -2.56. The molecule has 0 bridgehead atoms. The number of nitrogens with one attached hydrogen (secondary N) is 1. The lowest BCUT2D eigenvalue weighted by Gasteiger charge is -2.42. The van der Waals surface area contributed by atoms with Gasteiger partial charge in [-0.15, -0.1) is 0 Å². The number of rotatable bonds is 6. The molecule has 1 N–H and O–H groups in total. The first-order valence-corrected chi connectivity index (χ1v) is 12.5. The second-order valence-corrected chi connectivity index (χ2v) is 9.53. The molecule has 2 aliphatic rings. The van der Waals surface area contributed by atoms with Crippen LogP contribution in [0.4, 0.5) is 9.18 Å². The molecule has 1 fully saturated rings. The number of aryl methyl sites for hydroxylation is 1. The Balaban J connectivity index is 1.59. The van der Waals surface area contributed by atoms with Crippen molar-refractivity contribution in [3.63, 3.8) is 0 Å². The first-order valence-electron chi connectivity index (χ1n) is 12.5. The third-order valence-electron chi connectivity index (χ3n) is 6.90. The molecule has 8 nitrogen and oxygen atoms in total. The first-order chi connectivity index (χ1) is 17.7. The third kappa shape index (κ3) is 5.67. The van der Waals surface area contributed by atoms with Gasteiger partial charge >= 0.3 is 12.0 Å². The number of ether oxygens (including phenoxy) is 1.